The maximum absolute atomic E-state index is 13.0. The summed E-state index contributed by atoms with van der Waals surface area (Å²) >= 11 is 0. The van der Waals surface area contributed by atoms with Gasteiger partial charge < -0.3 is 10.4 Å². The Kier molecular flexibility index (Phi) is 4.07. The molecule has 0 saturated carbocycles. The van der Waals surface area contributed by atoms with E-state index in [-0.39, 0.29) is 6.04 Å². The number of rotatable bonds is 4. The van der Waals surface area contributed by atoms with Gasteiger partial charge in [-0.25, -0.2) is 4.39 Å². The van der Waals surface area contributed by atoms with Crippen LogP contribution in [0.25, 0.3) is 0 Å². The molecule has 2 heterocycles. The van der Waals surface area contributed by atoms with Crippen LogP contribution >= 0.6 is 0 Å². The second-order valence-corrected chi connectivity index (χ2v) is 4.72. The first kappa shape index (κ1) is 12.5. The van der Waals surface area contributed by atoms with Crippen molar-refractivity contribution < 1.29 is 9.50 Å². The topological polar surface area (TPSA) is 45.2 Å². The van der Waals surface area contributed by atoms with E-state index in [0.717, 1.165) is 31.9 Å². The molecule has 3 nitrogen and oxygen atoms in total. The van der Waals surface area contributed by atoms with Crippen molar-refractivity contribution in [3.8, 4) is 0 Å². The average molecular weight is 238 g/mol. The highest BCUT2D eigenvalue weighted by Gasteiger charge is 2.29. The Morgan fingerprint density at radius 1 is 1.53 bits per heavy atom. The first-order valence-electron chi connectivity index (χ1n) is 6.25. The minimum atomic E-state index is -0.667. The molecule has 0 unspecified atom stereocenters. The zero-order valence-corrected chi connectivity index (χ0v) is 10.1. The van der Waals surface area contributed by atoms with Gasteiger partial charge in [-0.3, -0.25) is 4.98 Å². The maximum atomic E-state index is 13.0. The summed E-state index contributed by atoms with van der Waals surface area (Å²) in [7, 11) is 0. The Morgan fingerprint density at radius 2 is 2.35 bits per heavy atom. The van der Waals surface area contributed by atoms with Crippen molar-refractivity contribution >= 4 is 0 Å². The molecule has 0 amide bonds. The predicted molar refractivity (Wildman–Crippen MR) is 64.0 cm³/mol. The van der Waals surface area contributed by atoms with E-state index in [1.807, 2.05) is 0 Å². The van der Waals surface area contributed by atoms with Crippen molar-refractivity contribution in [2.24, 2.45) is 0 Å². The van der Waals surface area contributed by atoms with Crippen LogP contribution in [-0.2, 0) is 0 Å². The summed E-state index contributed by atoms with van der Waals surface area (Å²) in [5.74, 6) is -0.398. The summed E-state index contributed by atoms with van der Waals surface area (Å²) < 4.78 is 13.0. The Morgan fingerprint density at radius 3 is 3.06 bits per heavy atom. The number of aliphatic hydroxyl groups is 1. The van der Waals surface area contributed by atoms with E-state index in [4.69, 9.17) is 0 Å². The molecule has 1 aromatic heterocycles. The third-order valence-electron chi connectivity index (χ3n) is 3.36. The molecule has 0 spiro atoms. The predicted octanol–water partition coefficient (Wildman–Crippen LogP) is 2.17. The van der Waals surface area contributed by atoms with Crippen molar-refractivity contribution in [1.29, 1.82) is 0 Å². The van der Waals surface area contributed by atoms with Crippen LogP contribution in [0.1, 0.15) is 44.3 Å². The molecule has 0 aliphatic carbocycles. The fraction of sp³-hybridized carbons (Fsp3) is 0.615. The van der Waals surface area contributed by atoms with E-state index in [2.05, 4.69) is 17.2 Å². The molecule has 94 valence electrons. The smallest absolute Gasteiger partial charge is 0.141 e. The second kappa shape index (κ2) is 5.56. The minimum Gasteiger partial charge on any atom is -0.387 e. The van der Waals surface area contributed by atoms with E-state index >= 15 is 0 Å². The summed E-state index contributed by atoms with van der Waals surface area (Å²) in [6, 6.07) is 1.86. The maximum Gasteiger partial charge on any atom is 0.141 e. The molecule has 0 bridgehead atoms. The lowest BCUT2D eigenvalue weighted by molar-refractivity contribution is 0.134. The van der Waals surface area contributed by atoms with Crippen molar-refractivity contribution in [2.45, 2.75) is 50.8 Å². The van der Waals surface area contributed by atoms with Gasteiger partial charge in [0, 0.05) is 23.8 Å². The normalized spacial score (nSPS) is 26.1. The summed E-state index contributed by atoms with van der Waals surface area (Å²) in [6.45, 7) is 2.15. The number of halogens is 1. The fourth-order valence-corrected chi connectivity index (χ4v) is 2.50. The van der Waals surface area contributed by atoms with Gasteiger partial charge in [-0.15, -0.1) is 0 Å². The Bertz CT molecular complexity index is 372. The monoisotopic (exact) mass is 238 g/mol. The number of hydrogen-bond acceptors (Lipinski definition) is 3. The number of pyridine rings is 1. The van der Waals surface area contributed by atoms with Crippen molar-refractivity contribution in [3.63, 3.8) is 0 Å². The van der Waals surface area contributed by atoms with E-state index in [1.54, 1.807) is 0 Å². The Balaban J connectivity index is 1.99. The van der Waals surface area contributed by atoms with Gasteiger partial charge in [0.1, 0.15) is 5.82 Å². The highest BCUT2D eigenvalue weighted by atomic mass is 19.1. The van der Waals surface area contributed by atoms with E-state index < -0.39 is 11.9 Å². The third kappa shape index (κ3) is 3.01. The number of aliphatic hydroxyl groups excluding tert-OH is 1. The lowest BCUT2D eigenvalue weighted by Crippen LogP contribution is -2.34. The molecular formula is C13H19FN2O. The number of aromatic nitrogens is 1. The highest BCUT2D eigenvalue weighted by molar-refractivity contribution is 5.16. The fourth-order valence-electron chi connectivity index (χ4n) is 2.50. The molecule has 1 fully saturated rings. The first-order chi connectivity index (χ1) is 8.20. The molecule has 4 heteroatoms. The van der Waals surface area contributed by atoms with Crippen molar-refractivity contribution in [1.82, 2.24) is 10.3 Å². The van der Waals surface area contributed by atoms with Gasteiger partial charge in [0.05, 0.1) is 12.3 Å². The molecule has 2 rings (SSSR count). The number of hydrogen-bond donors (Lipinski definition) is 2. The summed E-state index contributed by atoms with van der Waals surface area (Å²) in [4.78, 5) is 3.77. The van der Waals surface area contributed by atoms with Crippen LogP contribution in [0.5, 0.6) is 0 Å². The van der Waals surface area contributed by atoms with Crippen LogP contribution in [0.15, 0.2) is 18.5 Å². The molecular weight excluding hydrogens is 219 g/mol. The van der Waals surface area contributed by atoms with Gasteiger partial charge in [0.25, 0.3) is 0 Å². The minimum absolute atomic E-state index is 0.0233. The van der Waals surface area contributed by atoms with Gasteiger partial charge in [0.2, 0.25) is 0 Å². The lowest BCUT2D eigenvalue weighted by Gasteiger charge is -2.20. The quantitative estimate of drug-likeness (QED) is 0.845. The van der Waals surface area contributed by atoms with Crippen LogP contribution in [0.2, 0.25) is 0 Å². The largest absolute Gasteiger partial charge is 0.387 e. The summed E-state index contributed by atoms with van der Waals surface area (Å²) in [5.41, 5.74) is 0.555. The van der Waals surface area contributed by atoms with Gasteiger partial charge in [-0.1, -0.05) is 13.3 Å². The van der Waals surface area contributed by atoms with Gasteiger partial charge in [-0.2, -0.15) is 0 Å². The van der Waals surface area contributed by atoms with Crippen LogP contribution in [0.3, 0.4) is 0 Å². The van der Waals surface area contributed by atoms with Crippen LogP contribution in [0.4, 0.5) is 4.39 Å². The zero-order chi connectivity index (χ0) is 12.3. The number of nitrogens with one attached hydrogen (secondary N) is 1. The standard InChI is InChI=1S/C13H19FN2O/c1-2-3-11-4-5-12(16-11)13(17)9-6-10(14)8-15-7-9/h6-8,11-13,16-17H,2-5H2,1H3/t11-,12-,13+/m1/s1. The van der Waals surface area contributed by atoms with Gasteiger partial charge in [0.15, 0.2) is 0 Å². The van der Waals surface area contributed by atoms with E-state index in [0.29, 0.717) is 11.6 Å². The molecule has 3 atom stereocenters. The van der Waals surface area contributed by atoms with Crippen LogP contribution in [-0.4, -0.2) is 22.2 Å². The average Bonchev–Trinajstić information content (AvgIpc) is 2.77. The second-order valence-electron chi connectivity index (χ2n) is 4.72. The SMILES string of the molecule is CCC[C@@H]1CC[C@H]([C@@H](O)c2cncc(F)c2)N1. The van der Waals surface area contributed by atoms with Crippen molar-refractivity contribution in [3.05, 3.63) is 29.8 Å². The van der Waals surface area contributed by atoms with Gasteiger partial charge in [-0.05, 0) is 25.3 Å². The Hall–Kier alpha value is -1.00. The molecule has 1 aromatic rings. The summed E-state index contributed by atoms with van der Waals surface area (Å²) in [6.07, 6.45) is 6.30. The van der Waals surface area contributed by atoms with E-state index in [9.17, 15) is 9.50 Å². The van der Waals surface area contributed by atoms with Crippen LogP contribution < -0.4 is 5.32 Å². The molecule has 0 radical (unpaired) electrons. The van der Waals surface area contributed by atoms with E-state index in [1.165, 1.54) is 12.3 Å². The molecule has 2 N–H and O–H groups in total. The van der Waals surface area contributed by atoms with Crippen LogP contribution in [0, 0.1) is 5.82 Å². The Labute approximate surface area is 101 Å². The van der Waals surface area contributed by atoms with Gasteiger partial charge >= 0.3 is 0 Å². The number of nitrogens with zero attached hydrogens (tertiary/aromatic N) is 1. The summed E-state index contributed by atoms with van der Waals surface area (Å²) in [5, 5.41) is 13.6. The molecule has 1 aliphatic rings. The highest BCUT2D eigenvalue weighted by Crippen LogP contribution is 2.26. The molecule has 17 heavy (non-hydrogen) atoms. The van der Waals surface area contributed by atoms with Crippen molar-refractivity contribution in [2.75, 3.05) is 0 Å². The molecule has 1 saturated heterocycles. The third-order valence-corrected chi connectivity index (χ3v) is 3.36. The molecule has 1 aliphatic heterocycles. The lowest BCUT2D eigenvalue weighted by atomic mass is 10.0. The molecule has 0 aromatic carbocycles. The first-order valence-corrected chi connectivity index (χ1v) is 6.25. The zero-order valence-electron chi connectivity index (χ0n) is 10.1.